The van der Waals surface area contributed by atoms with Crippen molar-refractivity contribution in [2.45, 2.75) is 12.7 Å². The Morgan fingerprint density at radius 2 is 2.04 bits per heavy atom. The second-order valence-electron chi connectivity index (χ2n) is 5.58. The van der Waals surface area contributed by atoms with Crippen LogP contribution in [0.2, 0.25) is 0 Å². The number of amides is 1. The van der Waals surface area contributed by atoms with E-state index in [1.807, 2.05) is 0 Å². The van der Waals surface area contributed by atoms with Crippen LogP contribution in [0.1, 0.15) is 22.0 Å². The molecule has 2 aromatic rings. The molecule has 1 N–H and O–H groups in total. The van der Waals surface area contributed by atoms with E-state index < -0.39 is 12.7 Å². The maximum atomic E-state index is 12.6. The van der Waals surface area contributed by atoms with Gasteiger partial charge in [0.2, 0.25) is 0 Å². The standard InChI is InChI=1S/C18H17F2NO4/c19-18(20)25-13-5-3-4-12(10-13)16-11-21(8-9-24-16)17(23)14-6-1-2-7-15(14)22/h1-7,10,16,18,22H,8-9,11H2/t16-/m0/s1. The molecular weight excluding hydrogens is 332 g/mol. The maximum absolute atomic E-state index is 12.6. The molecule has 0 unspecified atom stereocenters. The molecule has 7 heteroatoms. The average molecular weight is 349 g/mol. The van der Waals surface area contributed by atoms with Crippen LogP contribution >= 0.6 is 0 Å². The van der Waals surface area contributed by atoms with Gasteiger partial charge in [0.05, 0.1) is 18.7 Å². The molecule has 0 aromatic heterocycles. The zero-order chi connectivity index (χ0) is 17.8. The van der Waals surface area contributed by atoms with E-state index in [0.29, 0.717) is 18.7 Å². The van der Waals surface area contributed by atoms with Crippen LogP contribution in [0.5, 0.6) is 11.5 Å². The predicted octanol–water partition coefficient (Wildman–Crippen LogP) is 3.21. The van der Waals surface area contributed by atoms with Gasteiger partial charge in [0.15, 0.2) is 0 Å². The number of phenolic OH excluding ortho intramolecular Hbond substituents is 1. The van der Waals surface area contributed by atoms with Crippen LogP contribution in [0, 0.1) is 0 Å². The van der Waals surface area contributed by atoms with E-state index in [1.165, 1.54) is 18.2 Å². The summed E-state index contributed by atoms with van der Waals surface area (Å²) in [5.41, 5.74) is 0.867. The molecule has 1 atom stereocenters. The SMILES string of the molecule is O=C(c1ccccc1O)N1CCO[C@H](c2cccc(OC(F)F)c2)C1. The van der Waals surface area contributed by atoms with Crippen molar-refractivity contribution in [2.24, 2.45) is 0 Å². The lowest BCUT2D eigenvalue weighted by molar-refractivity contribution is -0.0504. The molecule has 1 fully saturated rings. The van der Waals surface area contributed by atoms with E-state index in [1.54, 1.807) is 35.2 Å². The number of hydrogen-bond donors (Lipinski definition) is 1. The van der Waals surface area contributed by atoms with Gasteiger partial charge in [0, 0.05) is 6.54 Å². The third-order valence-corrected chi connectivity index (χ3v) is 3.94. The van der Waals surface area contributed by atoms with Crippen molar-refractivity contribution in [3.8, 4) is 11.5 Å². The first kappa shape index (κ1) is 17.2. The second-order valence-corrected chi connectivity index (χ2v) is 5.58. The number of ether oxygens (including phenoxy) is 2. The van der Waals surface area contributed by atoms with Crippen molar-refractivity contribution < 1.29 is 28.2 Å². The van der Waals surface area contributed by atoms with Gasteiger partial charge in [-0.25, -0.2) is 0 Å². The molecule has 5 nitrogen and oxygen atoms in total. The summed E-state index contributed by atoms with van der Waals surface area (Å²) in [7, 11) is 0. The Morgan fingerprint density at radius 1 is 1.24 bits per heavy atom. The molecule has 0 aliphatic carbocycles. The molecule has 0 radical (unpaired) electrons. The van der Waals surface area contributed by atoms with Gasteiger partial charge in [-0.05, 0) is 29.8 Å². The summed E-state index contributed by atoms with van der Waals surface area (Å²) in [6.45, 7) is -1.95. The van der Waals surface area contributed by atoms with Gasteiger partial charge in [-0.1, -0.05) is 24.3 Å². The smallest absolute Gasteiger partial charge is 0.387 e. The number of alkyl halides is 2. The number of aromatic hydroxyl groups is 1. The molecule has 0 saturated carbocycles. The number of carbonyl (C=O) groups is 1. The average Bonchev–Trinajstić information content (AvgIpc) is 2.61. The van der Waals surface area contributed by atoms with Gasteiger partial charge in [0.1, 0.15) is 17.6 Å². The third kappa shape index (κ3) is 4.06. The topological polar surface area (TPSA) is 59.0 Å². The number of morpholine rings is 1. The number of para-hydroxylation sites is 1. The van der Waals surface area contributed by atoms with E-state index in [9.17, 15) is 18.7 Å². The first-order chi connectivity index (χ1) is 12.0. The normalized spacial score (nSPS) is 17.6. The minimum absolute atomic E-state index is 0.0419. The Labute approximate surface area is 143 Å². The first-order valence-corrected chi connectivity index (χ1v) is 7.78. The van der Waals surface area contributed by atoms with Crippen LogP contribution in [0.15, 0.2) is 48.5 Å². The molecule has 132 valence electrons. The number of carbonyl (C=O) groups excluding carboxylic acids is 1. The molecular formula is C18H17F2NO4. The van der Waals surface area contributed by atoms with E-state index in [0.717, 1.165) is 0 Å². The zero-order valence-corrected chi connectivity index (χ0v) is 13.3. The van der Waals surface area contributed by atoms with Gasteiger partial charge in [-0.2, -0.15) is 8.78 Å². The van der Waals surface area contributed by atoms with Crippen molar-refractivity contribution in [1.29, 1.82) is 0 Å². The van der Waals surface area contributed by atoms with Crippen molar-refractivity contribution in [3.63, 3.8) is 0 Å². The molecule has 1 amide bonds. The third-order valence-electron chi connectivity index (χ3n) is 3.94. The fourth-order valence-electron chi connectivity index (χ4n) is 2.75. The summed E-state index contributed by atoms with van der Waals surface area (Å²) in [5, 5.41) is 9.85. The molecule has 1 saturated heterocycles. The summed E-state index contributed by atoms with van der Waals surface area (Å²) in [6.07, 6.45) is -0.454. The number of halogens is 2. The van der Waals surface area contributed by atoms with Gasteiger partial charge < -0.3 is 19.5 Å². The number of nitrogens with zero attached hydrogens (tertiary/aromatic N) is 1. The first-order valence-electron chi connectivity index (χ1n) is 7.78. The van der Waals surface area contributed by atoms with E-state index in [4.69, 9.17) is 4.74 Å². The molecule has 25 heavy (non-hydrogen) atoms. The number of rotatable bonds is 4. The van der Waals surface area contributed by atoms with Crippen LogP contribution in [0.4, 0.5) is 8.78 Å². The van der Waals surface area contributed by atoms with Crippen LogP contribution in [-0.2, 0) is 4.74 Å². The van der Waals surface area contributed by atoms with Gasteiger partial charge in [-0.15, -0.1) is 0 Å². The second kappa shape index (κ2) is 7.48. The Morgan fingerprint density at radius 3 is 2.80 bits per heavy atom. The predicted molar refractivity (Wildman–Crippen MR) is 85.8 cm³/mol. The molecule has 0 spiro atoms. The van der Waals surface area contributed by atoms with Crippen LogP contribution in [-0.4, -0.2) is 42.2 Å². The van der Waals surface area contributed by atoms with Crippen LogP contribution in [0.25, 0.3) is 0 Å². The highest BCUT2D eigenvalue weighted by Gasteiger charge is 2.27. The highest BCUT2D eigenvalue weighted by molar-refractivity contribution is 5.96. The van der Waals surface area contributed by atoms with Crippen molar-refractivity contribution in [2.75, 3.05) is 19.7 Å². The fraction of sp³-hybridized carbons (Fsp3) is 0.278. The number of hydrogen-bond acceptors (Lipinski definition) is 4. The summed E-state index contributed by atoms with van der Waals surface area (Å²) >= 11 is 0. The van der Waals surface area contributed by atoms with Crippen molar-refractivity contribution >= 4 is 5.91 Å². The van der Waals surface area contributed by atoms with E-state index in [-0.39, 0.29) is 29.5 Å². The summed E-state index contributed by atoms with van der Waals surface area (Å²) < 4.78 is 34.8. The number of benzene rings is 2. The quantitative estimate of drug-likeness (QED) is 0.921. The number of phenols is 1. The van der Waals surface area contributed by atoms with Crippen molar-refractivity contribution in [1.82, 2.24) is 4.90 Å². The zero-order valence-electron chi connectivity index (χ0n) is 13.3. The monoisotopic (exact) mass is 349 g/mol. The lowest BCUT2D eigenvalue weighted by atomic mass is 10.1. The Bertz CT molecular complexity index is 753. The molecule has 3 rings (SSSR count). The lowest BCUT2D eigenvalue weighted by Gasteiger charge is -2.33. The van der Waals surface area contributed by atoms with Crippen LogP contribution in [0.3, 0.4) is 0 Å². The lowest BCUT2D eigenvalue weighted by Crippen LogP contribution is -2.42. The van der Waals surface area contributed by atoms with E-state index >= 15 is 0 Å². The Kier molecular flexibility index (Phi) is 5.14. The Balaban J connectivity index is 1.75. The highest BCUT2D eigenvalue weighted by atomic mass is 19.3. The Hall–Kier alpha value is -2.67. The highest BCUT2D eigenvalue weighted by Crippen LogP contribution is 2.28. The summed E-state index contributed by atoms with van der Waals surface area (Å²) in [6, 6.07) is 12.6. The fourth-order valence-corrected chi connectivity index (χ4v) is 2.75. The molecule has 0 bridgehead atoms. The minimum atomic E-state index is -2.90. The van der Waals surface area contributed by atoms with Crippen LogP contribution < -0.4 is 4.74 Å². The van der Waals surface area contributed by atoms with Gasteiger partial charge in [-0.3, -0.25) is 4.79 Å². The molecule has 1 heterocycles. The van der Waals surface area contributed by atoms with Gasteiger partial charge in [0.25, 0.3) is 5.91 Å². The minimum Gasteiger partial charge on any atom is -0.507 e. The molecule has 1 aliphatic heterocycles. The maximum Gasteiger partial charge on any atom is 0.387 e. The summed E-state index contributed by atoms with van der Waals surface area (Å²) in [4.78, 5) is 14.2. The molecule has 1 aliphatic rings. The van der Waals surface area contributed by atoms with Gasteiger partial charge >= 0.3 is 6.61 Å². The van der Waals surface area contributed by atoms with E-state index in [2.05, 4.69) is 4.74 Å². The molecule has 2 aromatic carbocycles. The summed E-state index contributed by atoms with van der Waals surface area (Å²) in [5.74, 6) is -0.338. The largest absolute Gasteiger partial charge is 0.507 e. The van der Waals surface area contributed by atoms with Crippen molar-refractivity contribution in [3.05, 3.63) is 59.7 Å².